The molecule has 0 aliphatic heterocycles. The number of aliphatic hydroxyl groups excluding tert-OH is 1. The molecular weight excluding hydrogens is 190 g/mol. The molecule has 1 atom stereocenters. The second-order valence-electron chi connectivity index (χ2n) is 3.06. The van der Waals surface area contributed by atoms with Crippen LogP contribution >= 0.6 is 11.3 Å². The lowest BCUT2D eigenvalue weighted by atomic mass is 10.1. The van der Waals surface area contributed by atoms with Crippen molar-refractivity contribution >= 4 is 17.3 Å². The molecular formula is C8H11NO3S. The molecule has 1 rings (SSSR count). The van der Waals surface area contributed by atoms with Gasteiger partial charge in [-0.05, 0) is 5.92 Å². The minimum atomic E-state index is -1.06. The molecule has 13 heavy (non-hydrogen) atoms. The van der Waals surface area contributed by atoms with Gasteiger partial charge in [0.25, 0.3) is 0 Å². The van der Waals surface area contributed by atoms with Crippen molar-refractivity contribution in [2.24, 2.45) is 5.92 Å². The number of nitrogens with zero attached hydrogens (tertiary/aromatic N) is 1. The molecule has 0 saturated carbocycles. The lowest BCUT2D eigenvalue weighted by Crippen LogP contribution is -2.06. The van der Waals surface area contributed by atoms with Crippen LogP contribution in [-0.2, 0) is 0 Å². The van der Waals surface area contributed by atoms with E-state index in [0.717, 1.165) is 0 Å². The summed E-state index contributed by atoms with van der Waals surface area (Å²) in [6.45, 7) is 3.71. The van der Waals surface area contributed by atoms with Crippen LogP contribution in [0.5, 0.6) is 0 Å². The number of carbonyl (C=O) groups is 1. The van der Waals surface area contributed by atoms with Crippen LogP contribution in [0.15, 0.2) is 5.38 Å². The van der Waals surface area contributed by atoms with Crippen LogP contribution in [0.1, 0.15) is 35.4 Å². The van der Waals surface area contributed by atoms with Crippen molar-refractivity contribution in [1.82, 2.24) is 4.98 Å². The Morgan fingerprint density at radius 2 is 2.23 bits per heavy atom. The molecule has 0 aromatic carbocycles. The summed E-state index contributed by atoms with van der Waals surface area (Å²) in [6, 6.07) is 0. The Kier molecular flexibility index (Phi) is 3.00. The van der Waals surface area contributed by atoms with Crippen molar-refractivity contribution in [3.8, 4) is 0 Å². The third-order valence-electron chi connectivity index (χ3n) is 1.63. The molecule has 0 radical (unpaired) electrons. The zero-order chi connectivity index (χ0) is 10.0. The summed E-state index contributed by atoms with van der Waals surface area (Å²) in [5.41, 5.74) is -0.000278. The number of aromatic carboxylic acids is 1. The number of carboxylic acid groups (broad SMARTS) is 1. The summed E-state index contributed by atoms with van der Waals surface area (Å²) >= 11 is 1.17. The third kappa shape index (κ3) is 2.26. The molecule has 1 aromatic rings. The smallest absolute Gasteiger partial charge is 0.355 e. The minimum Gasteiger partial charge on any atom is -0.476 e. The van der Waals surface area contributed by atoms with E-state index in [0.29, 0.717) is 5.01 Å². The predicted molar refractivity (Wildman–Crippen MR) is 48.9 cm³/mol. The first kappa shape index (κ1) is 10.1. The monoisotopic (exact) mass is 201 g/mol. The highest BCUT2D eigenvalue weighted by Gasteiger charge is 2.17. The zero-order valence-corrected chi connectivity index (χ0v) is 8.21. The van der Waals surface area contributed by atoms with E-state index >= 15 is 0 Å². The second kappa shape index (κ2) is 3.85. The lowest BCUT2D eigenvalue weighted by molar-refractivity contribution is 0.0689. The molecule has 5 heteroatoms. The highest BCUT2D eigenvalue weighted by Crippen LogP contribution is 2.24. The molecule has 0 amide bonds. The highest BCUT2D eigenvalue weighted by molar-refractivity contribution is 7.09. The van der Waals surface area contributed by atoms with Gasteiger partial charge in [-0.25, -0.2) is 9.78 Å². The third-order valence-corrected chi connectivity index (χ3v) is 2.54. The Morgan fingerprint density at radius 1 is 1.62 bits per heavy atom. The van der Waals surface area contributed by atoms with E-state index in [4.69, 9.17) is 5.11 Å². The van der Waals surface area contributed by atoms with Gasteiger partial charge in [-0.3, -0.25) is 0 Å². The van der Waals surface area contributed by atoms with E-state index in [-0.39, 0.29) is 11.6 Å². The molecule has 2 N–H and O–H groups in total. The second-order valence-corrected chi connectivity index (χ2v) is 3.95. The number of aromatic nitrogens is 1. The molecule has 0 fully saturated rings. The molecule has 0 unspecified atom stereocenters. The van der Waals surface area contributed by atoms with Crippen LogP contribution in [-0.4, -0.2) is 21.2 Å². The summed E-state index contributed by atoms with van der Waals surface area (Å²) in [4.78, 5) is 14.3. The Labute approximate surface area is 79.9 Å². The maximum atomic E-state index is 10.5. The van der Waals surface area contributed by atoms with Gasteiger partial charge in [-0.1, -0.05) is 13.8 Å². The molecule has 0 spiro atoms. The number of hydrogen-bond donors (Lipinski definition) is 2. The number of thiazole rings is 1. The maximum Gasteiger partial charge on any atom is 0.355 e. The number of carboxylic acids is 1. The van der Waals surface area contributed by atoms with Gasteiger partial charge in [0.2, 0.25) is 0 Å². The normalized spacial score (nSPS) is 13.2. The predicted octanol–water partition coefficient (Wildman–Crippen LogP) is 1.53. The largest absolute Gasteiger partial charge is 0.476 e. The van der Waals surface area contributed by atoms with E-state index < -0.39 is 12.1 Å². The van der Waals surface area contributed by atoms with Crippen molar-refractivity contribution < 1.29 is 15.0 Å². The van der Waals surface area contributed by atoms with Crippen LogP contribution in [0.4, 0.5) is 0 Å². The first-order valence-corrected chi connectivity index (χ1v) is 4.77. The van der Waals surface area contributed by atoms with E-state index in [1.54, 1.807) is 0 Å². The van der Waals surface area contributed by atoms with Gasteiger partial charge in [0, 0.05) is 5.38 Å². The summed E-state index contributed by atoms with van der Waals surface area (Å²) in [6.07, 6.45) is -0.668. The van der Waals surface area contributed by atoms with Crippen LogP contribution in [0.2, 0.25) is 0 Å². The average molecular weight is 201 g/mol. The van der Waals surface area contributed by atoms with Crippen molar-refractivity contribution in [2.45, 2.75) is 20.0 Å². The van der Waals surface area contributed by atoms with Gasteiger partial charge in [0.15, 0.2) is 5.69 Å². The van der Waals surface area contributed by atoms with Crippen molar-refractivity contribution in [3.63, 3.8) is 0 Å². The van der Waals surface area contributed by atoms with Gasteiger partial charge < -0.3 is 10.2 Å². The summed E-state index contributed by atoms with van der Waals surface area (Å²) in [5, 5.41) is 20.0. The maximum absolute atomic E-state index is 10.5. The fraction of sp³-hybridized carbons (Fsp3) is 0.500. The Bertz CT molecular complexity index is 308. The van der Waals surface area contributed by atoms with Crippen molar-refractivity contribution in [2.75, 3.05) is 0 Å². The van der Waals surface area contributed by atoms with E-state index in [2.05, 4.69) is 4.98 Å². The van der Waals surface area contributed by atoms with Crippen LogP contribution in [0, 0.1) is 5.92 Å². The molecule has 0 bridgehead atoms. The molecule has 72 valence electrons. The van der Waals surface area contributed by atoms with Crippen molar-refractivity contribution in [1.29, 1.82) is 0 Å². The van der Waals surface area contributed by atoms with Crippen LogP contribution in [0.3, 0.4) is 0 Å². The van der Waals surface area contributed by atoms with Crippen molar-refractivity contribution in [3.05, 3.63) is 16.1 Å². The topological polar surface area (TPSA) is 70.4 Å². The van der Waals surface area contributed by atoms with Gasteiger partial charge in [-0.2, -0.15) is 0 Å². The van der Waals surface area contributed by atoms with Gasteiger partial charge in [0.1, 0.15) is 11.1 Å². The fourth-order valence-electron chi connectivity index (χ4n) is 0.807. The van der Waals surface area contributed by atoms with Crippen LogP contribution < -0.4 is 0 Å². The van der Waals surface area contributed by atoms with Crippen LogP contribution in [0.25, 0.3) is 0 Å². The standard InChI is InChI=1S/C8H11NO3S/c1-4(2)6(10)7-9-5(3-13-7)8(11)12/h3-4,6,10H,1-2H3,(H,11,12)/t6-/m0/s1. The summed E-state index contributed by atoms with van der Waals surface area (Å²) < 4.78 is 0. The lowest BCUT2D eigenvalue weighted by Gasteiger charge is -2.09. The summed E-state index contributed by atoms with van der Waals surface area (Å²) in [5.74, 6) is -1.01. The quantitative estimate of drug-likeness (QED) is 0.778. The fourth-order valence-corrected chi connectivity index (χ4v) is 1.76. The number of aliphatic hydroxyl groups is 1. The number of hydrogen-bond acceptors (Lipinski definition) is 4. The van der Waals surface area contributed by atoms with Gasteiger partial charge >= 0.3 is 5.97 Å². The molecule has 1 aromatic heterocycles. The molecule has 0 saturated heterocycles. The van der Waals surface area contributed by atoms with E-state index in [9.17, 15) is 9.90 Å². The first-order valence-electron chi connectivity index (χ1n) is 3.89. The number of rotatable bonds is 3. The highest BCUT2D eigenvalue weighted by atomic mass is 32.1. The first-order chi connectivity index (χ1) is 6.02. The molecule has 0 aliphatic carbocycles. The summed E-state index contributed by atoms with van der Waals surface area (Å²) in [7, 11) is 0. The Hall–Kier alpha value is -0.940. The average Bonchev–Trinajstić information content (AvgIpc) is 2.50. The zero-order valence-electron chi connectivity index (χ0n) is 7.39. The van der Waals surface area contributed by atoms with Gasteiger partial charge in [-0.15, -0.1) is 11.3 Å². The van der Waals surface area contributed by atoms with E-state index in [1.807, 2.05) is 13.8 Å². The Morgan fingerprint density at radius 3 is 2.62 bits per heavy atom. The molecule has 4 nitrogen and oxygen atoms in total. The molecule has 0 aliphatic rings. The minimum absolute atomic E-state index is 0.000278. The SMILES string of the molecule is CC(C)[C@H](O)c1nc(C(=O)O)cs1. The van der Waals surface area contributed by atoms with E-state index in [1.165, 1.54) is 16.7 Å². The van der Waals surface area contributed by atoms with Gasteiger partial charge in [0.05, 0.1) is 0 Å². The molecule has 1 heterocycles. The Balaban J connectivity index is 2.85.